The summed E-state index contributed by atoms with van der Waals surface area (Å²) in [6.45, 7) is 1.11. The fourth-order valence-corrected chi connectivity index (χ4v) is 1.67. The molecule has 0 rings (SSSR count). The largest absolute Gasteiger partial charge is 0.474 e. The molecule has 5 nitrogen and oxygen atoms in total. The molecule has 0 aromatic rings. The normalized spacial score (nSPS) is 11.9. The van der Waals surface area contributed by atoms with E-state index in [9.17, 15) is 4.57 Å². The Hall–Kier alpha value is 0.0700. The molecule has 0 amide bonds. The third-order valence-electron chi connectivity index (χ3n) is 1.80. The Morgan fingerprint density at radius 1 is 1.07 bits per heavy atom. The summed E-state index contributed by atoms with van der Waals surface area (Å²) >= 11 is 0. The van der Waals surface area contributed by atoms with Gasteiger partial charge < -0.3 is 5.73 Å². The van der Waals surface area contributed by atoms with E-state index < -0.39 is 7.82 Å². The fourth-order valence-electron chi connectivity index (χ4n) is 0.956. The molecular formula is C8H20NO4P. The lowest BCUT2D eigenvalue weighted by atomic mass is 10.2. The number of rotatable bonds is 9. The Kier molecular flexibility index (Phi) is 8.43. The topological polar surface area (TPSA) is 70.8 Å². The quantitative estimate of drug-likeness (QED) is 0.479. The van der Waals surface area contributed by atoms with E-state index in [-0.39, 0.29) is 0 Å². The molecule has 2 N–H and O–H groups in total. The van der Waals surface area contributed by atoms with E-state index in [0.717, 1.165) is 32.2 Å². The average molecular weight is 225 g/mol. The second kappa shape index (κ2) is 8.38. The number of phosphoric ester groups is 1. The summed E-state index contributed by atoms with van der Waals surface area (Å²) in [7, 11) is -0.653. The third-order valence-corrected chi connectivity index (χ3v) is 3.19. The number of hydrogen-bond acceptors (Lipinski definition) is 5. The lowest BCUT2D eigenvalue weighted by Gasteiger charge is -2.12. The van der Waals surface area contributed by atoms with Crippen LogP contribution in [0.4, 0.5) is 0 Å². The Labute approximate surface area is 85.5 Å². The van der Waals surface area contributed by atoms with E-state index >= 15 is 0 Å². The van der Waals surface area contributed by atoms with Crippen molar-refractivity contribution < 1.29 is 18.1 Å². The van der Waals surface area contributed by atoms with Crippen LogP contribution in [0.2, 0.25) is 0 Å². The van der Waals surface area contributed by atoms with Crippen molar-refractivity contribution in [3.05, 3.63) is 0 Å². The molecule has 0 aliphatic carbocycles. The van der Waals surface area contributed by atoms with Crippen LogP contribution >= 0.6 is 7.82 Å². The third kappa shape index (κ3) is 6.51. The molecule has 0 aliphatic rings. The molecule has 0 atom stereocenters. The van der Waals surface area contributed by atoms with Crippen molar-refractivity contribution in [2.45, 2.75) is 25.7 Å². The zero-order valence-electron chi connectivity index (χ0n) is 8.90. The monoisotopic (exact) mass is 225 g/mol. The van der Waals surface area contributed by atoms with Gasteiger partial charge in [-0.3, -0.25) is 13.6 Å². The lowest BCUT2D eigenvalue weighted by Crippen LogP contribution is -1.99. The Bertz CT molecular complexity index is 169. The van der Waals surface area contributed by atoms with E-state index in [0.29, 0.717) is 6.61 Å². The molecule has 0 radical (unpaired) electrons. The summed E-state index contributed by atoms with van der Waals surface area (Å²) in [6.07, 6.45) is 3.96. The number of nitrogens with two attached hydrogens (primary N) is 1. The Morgan fingerprint density at radius 2 is 1.64 bits per heavy atom. The van der Waals surface area contributed by atoms with Crippen LogP contribution in [-0.4, -0.2) is 27.4 Å². The van der Waals surface area contributed by atoms with Gasteiger partial charge in [0.25, 0.3) is 0 Å². The van der Waals surface area contributed by atoms with Crippen LogP contribution in [0.3, 0.4) is 0 Å². The van der Waals surface area contributed by atoms with Crippen molar-refractivity contribution in [2.24, 2.45) is 5.73 Å². The summed E-state index contributed by atoms with van der Waals surface area (Å²) in [6, 6.07) is 0. The first kappa shape index (κ1) is 14.1. The van der Waals surface area contributed by atoms with Gasteiger partial charge in [-0.25, -0.2) is 4.57 Å². The lowest BCUT2D eigenvalue weighted by molar-refractivity contribution is 0.150. The predicted octanol–water partition coefficient (Wildman–Crippen LogP) is 1.92. The predicted molar refractivity (Wildman–Crippen MR) is 55.1 cm³/mol. The van der Waals surface area contributed by atoms with Crippen LogP contribution in [0, 0.1) is 0 Å². The average Bonchev–Trinajstić information content (AvgIpc) is 2.23. The van der Waals surface area contributed by atoms with E-state index in [1.807, 2.05) is 0 Å². The van der Waals surface area contributed by atoms with Crippen molar-refractivity contribution in [1.29, 1.82) is 0 Å². The number of unbranched alkanes of at least 4 members (excludes halogenated alkanes) is 3. The van der Waals surface area contributed by atoms with Crippen LogP contribution < -0.4 is 5.73 Å². The van der Waals surface area contributed by atoms with E-state index in [2.05, 4.69) is 9.05 Å². The summed E-state index contributed by atoms with van der Waals surface area (Å²) < 4.78 is 25.6. The Morgan fingerprint density at radius 3 is 2.14 bits per heavy atom. The highest BCUT2D eigenvalue weighted by molar-refractivity contribution is 7.48. The minimum atomic E-state index is -3.26. The first-order valence-electron chi connectivity index (χ1n) is 4.74. The van der Waals surface area contributed by atoms with Crippen molar-refractivity contribution in [1.82, 2.24) is 0 Å². The molecule has 0 saturated heterocycles. The highest BCUT2D eigenvalue weighted by Crippen LogP contribution is 2.47. The zero-order chi connectivity index (χ0) is 10.9. The second-order valence-corrected chi connectivity index (χ2v) is 4.73. The van der Waals surface area contributed by atoms with Gasteiger partial charge in [-0.05, 0) is 19.4 Å². The van der Waals surface area contributed by atoms with Gasteiger partial charge in [0, 0.05) is 14.2 Å². The molecule has 0 aromatic carbocycles. The molecule has 6 heteroatoms. The zero-order valence-corrected chi connectivity index (χ0v) is 9.79. The molecule has 14 heavy (non-hydrogen) atoms. The van der Waals surface area contributed by atoms with Crippen molar-refractivity contribution in [3.63, 3.8) is 0 Å². The summed E-state index contributed by atoms with van der Waals surface area (Å²) in [5, 5.41) is 0. The highest BCUT2D eigenvalue weighted by Gasteiger charge is 2.21. The first-order chi connectivity index (χ1) is 6.68. The minimum Gasteiger partial charge on any atom is -0.330 e. The molecule has 0 aromatic heterocycles. The molecule has 86 valence electrons. The van der Waals surface area contributed by atoms with E-state index in [1.165, 1.54) is 14.2 Å². The van der Waals surface area contributed by atoms with Crippen molar-refractivity contribution in [3.8, 4) is 0 Å². The minimum absolute atomic E-state index is 0.392. The Balaban J connectivity index is 3.39. The van der Waals surface area contributed by atoms with E-state index in [1.54, 1.807) is 0 Å². The van der Waals surface area contributed by atoms with Gasteiger partial charge in [0.05, 0.1) is 6.61 Å². The molecule has 0 fully saturated rings. The van der Waals surface area contributed by atoms with Crippen LogP contribution in [-0.2, 0) is 18.1 Å². The molecule has 0 saturated carbocycles. The summed E-state index contributed by atoms with van der Waals surface area (Å²) in [5.41, 5.74) is 5.34. The van der Waals surface area contributed by atoms with Crippen LogP contribution in [0.1, 0.15) is 25.7 Å². The maximum atomic E-state index is 11.4. The molecule has 0 heterocycles. The standard InChI is InChI=1S/C8H20NO4P/c1-11-14(10,12-2)13-8-6-4-3-5-7-9/h3-9H2,1-2H3. The van der Waals surface area contributed by atoms with Crippen LogP contribution in [0.25, 0.3) is 0 Å². The van der Waals surface area contributed by atoms with E-state index in [4.69, 9.17) is 10.3 Å². The maximum absolute atomic E-state index is 11.4. The molecule has 0 bridgehead atoms. The van der Waals surface area contributed by atoms with Crippen LogP contribution in [0.5, 0.6) is 0 Å². The summed E-state index contributed by atoms with van der Waals surface area (Å²) in [5.74, 6) is 0. The first-order valence-corrected chi connectivity index (χ1v) is 6.20. The summed E-state index contributed by atoms with van der Waals surface area (Å²) in [4.78, 5) is 0. The fraction of sp³-hybridized carbons (Fsp3) is 1.00. The van der Waals surface area contributed by atoms with Crippen molar-refractivity contribution >= 4 is 7.82 Å². The molecule has 0 aliphatic heterocycles. The van der Waals surface area contributed by atoms with Gasteiger partial charge >= 0.3 is 7.82 Å². The highest BCUT2D eigenvalue weighted by atomic mass is 31.2. The van der Waals surface area contributed by atoms with Crippen molar-refractivity contribution in [2.75, 3.05) is 27.4 Å². The maximum Gasteiger partial charge on any atom is 0.474 e. The van der Waals surface area contributed by atoms with Gasteiger partial charge in [-0.1, -0.05) is 12.8 Å². The van der Waals surface area contributed by atoms with Gasteiger partial charge in [0.2, 0.25) is 0 Å². The molecule has 0 spiro atoms. The van der Waals surface area contributed by atoms with Gasteiger partial charge in [0.15, 0.2) is 0 Å². The van der Waals surface area contributed by atoms with Gasteiger partial charge in [0.1, 0.15) is 0 Å². The smallest absolute Gasteiger partial charge is 0.330 e. The second-order valence-electron chi connectivity index (χ2n) is 2.85. The van der Waals surface area contributed by atoms with Crippen LogP contribution in [0.15, 0.2) is 0 Å². The number of phosphoric acid groups is 1. The van der Waals surface area contributed by atoms with Gasteiger partial charge in [-0.15, -0.1) is 0 Å². The molecular weight excluding hydrogens is 205 g/mol. The van der Waals surface area contributed by atoms with Gasteiger partial charge in [-0.2, -0.15) is 0 Å². The SMILES string of the molecule is COP(=O)(OC)OCCCCCCN. The molecule has 0 unspecified atom stereocenters. The number of hydrogen-bond donors (Lipinski definition) is 1.